The van der Waals surface area contributed by atoms with E-state index in [4.69, 9.17) is 0 Å². The first-order valence-corrected chi connectivity index (χ1v) is 12.5. The second-order valence-electron chi connectivity index (χ2n) is 6.35. The molecule has 0 saturated carbocycles. The van der Waals surface area contributed by atoms with Crippen LogP contribution in [0.25, 0.3) is 10.2 Å². The van der Waals surface area contributed by atoms with Gasteiger partial charge in [0.05, 0.1) is 21.4 Å². The minimum absolute atomic E-state index is 0.194. The van der Waals surface area contributed by atoms with Gasteiger partial charge in [0.15, 0.2) is 15.0 Å². The molecule has 0 radical (unpaired) electrons. The number of benzene rings is 1. The van der Waals surface area contributed by atoms with Gasteiger partial charge in [0, 0.05) is 25.3 Å². The Labute approximate surface area is 156 Å². The maximum absolute atomic E-state index is 12.4. The quantitative estimate of drug-likeness (QED) is 0.802. The van der Waals surface area contributed by atoms with E-state index in [-0.39, 0.29) is 16.7 Å². The van der Waals surface area contributed by atoms with Gasteiger partial charge in [-0.1, -0.05) is 11.3 Å². The third-order valence-corrected chi connectivity index (χ3v) is 7.66. The molecule has 0 bridgehead atoms. The number of nitrogens with one attached hydrogen (secondary N) is 1. The van der Waals surface area contributed by atoms with Crippen molar-refractivity contribution in [3.63, 3.8) is 0 Å². The SMILES string of the molecule is CS(=O)(=O)c1ccc2nc(NC(=O)C3CCN(S(C)(=O)=O)CC3)sc2c1. The van der Waals surface area contributed by atoms with Crippen LogP contribution in [0.4, 0.5) is 5.13 Å². The summed E-state index contributed by atoms with van der Waals surface area (Å²) in [4.78, 5) is 16.9. The van der Waals surface area contributed by atoms with E-state index in [0.717, 1.165) is 6.26 Å². The van der Waals surface area contributed by atoms with Gasteiger partial charge in [-0.3, -0.25) is 4.79 Å². The summed E-state index contributed by atoms with van der Waals surface area (Å²) in [5.41, 5.74) is 0.615. The van der Waals surface area contributed by atoms with E-state index >= 15 is 0 Å². The minimum Gasteiger partial charge on any atom is -0.302 e. The zero-order chi connectivity index (χ0) is 19.1. The highest BCUT2D eigenvalue weighted by atomic mass is 32.2. The summed E-state index contributed by atoms with van der Waals surface area (Å²) in [5, 5.41) is 3.17. The number of thiazole rings is 1. The summed E-state index contributed by atoms with van der Waals surface area (Å²) in [7, 11) is -6.53. The molecule has 142 valence electrons. The number of hydrogen-bond donors (Lipinski definition) is 1. The number of sulfonamides is 1. The van der Waals surface area contributed by atoms with E-state index in [1.54, 1.807) is 12.1 Å². The lowest BCUT2D eigenvalue weighted by molar-refractivity contribution is -0.120. The largest absolute Gasteiger partial charge is 0.302 e. The van der Waals surface area contributed by atoms with Gasteiger partial charge in [0.1, 0.15) is 0 Å². The van der Waals surface area contributed by atoms with Crippen LogP contribution in [0.15, 0.2) is 23.1 Å². The highest BCUT2D eigenvalue weighted by molar-refractivity contribution is 7.90. The monoisotopic (exact) mass is 417 g/mol. The maximum Gasteiger partial charge on any atom is 0.229 e. The number of aromatic nitrogens is 1. The molecule has 0 aliphatic carbocycles. The number of rotatable bonds is 4. The highest BCUT2D eigenvalue weighted by Crippen LogP contribution is 2.29. The van der Waals surface area contributed by atoms with Crippen molar-refractivity contribution in [3.05, 3.63) is 18.2 Å². The third kappa shape index (κ3) is 4.22. The molecule has 1 aliphatic rings. The first-order chi connectivity index (χ1) is 12.0. The molecule has 1 aliphatic heterocycles. The molecule has 1 fully saturated rings. The van der Waals surface area contributed by atoms with Crippen molar-refractivity contribution >= 4 is 52.5 Å². The normalized spacial score (nSPS) is 17.5. The molecular weight excluding hydrogens is 398 g/mol. The van der Waals surface area contributed by atoms with Crippen LogP contribution in [0.3, 0.4) is 0 Å². The first kappa shape index (κ1) is 19.2. The fraction of sp³-hybridized carbons (Fsp3) is 0.467. The summed E-state index contributed by atoms with van der Waals surface area (Å²) in [6.45, 7) is 0.656. The molecule has 0 atom stereocenters. The van der Waals surface area contributed by atoms with Crippen molar-refractivity contribution in [1.82, 2.24) is 9.29 Å². The zero-order valence-corrected chi connectivity index (χ0v) is 16.7. The van der Waals surface area contributed by atoms with Crippen molar-refractivity contribution in [2.24, 2.45) is 5.92 Å². The second kappa shape index (κ2) is 6.87. The van der Waals surface area contributed by atoms with Gasteiger partial charge in [0.2, 0.25) is 15.9 Å². The van der Waals surface area contributed by atoms with Crippen molar-refractivity contribution in [3.8, 4) is 0 Å². The molecule has 0 spiro atoms. The zero-order valence-electron chi connectivity index (χ0n) is 14.3. The van der Waals surface area contributed by atoms with Crippen LogP contribution in [-0.4, -0.2) is 57.6 Å². The predicted molar refractivity (Wildman–Crippen MR) is 101 cm³/mol. The van der Waals surface area contributed by atoms with E-state index in [9.17, 15) is 21.6 Å². The lowest BCUT2D eigenvalue weighted by atomic mass is 9.97. The Kier molecular flexibility index (Phi) is 5.08. The van der Waals surface area contributed by atoms with Crippen LogP contribution in [0.1, 0.15) is 12.8 Å². The molecule has 0 unspecified atom stereocenters. The van der Waals surface area contributed by atoms with Gasteiger partial charge in [0.25, 0.3) is 0 Å². The number of anilines is 1. The summed E-state index contributed by atoms with van der Waals surface area (Å²) < 4.78 is 48.4. The average molecular weight is 418 g/mol. The molecule has 1 aromatic heterocycles. The number of nitrogens with zero attached hydrogens (tertiary/aromatic N) is 2. The number of fused-ring (bicyclic) bond motifs is 1. The third-order valence-electron chi connectivity index (χ3n) is 4.31. The van der Waals surface area contributed by atoms with Gasteiger partial charge in [-0.15, -0.1) is 0 Å². The van der Waals surface area contributed by atoms with Crippen molar-refractivity contribution in [2.45, 2.75) is 17.7 Å². The van der Waals surface area contributed by atoms with Crippen LogP contribution in [-0.2, 0) is 24.7 Å². The average Bonchev–Trinajstić information content (AvgIpc) is 2.94. The molecule has 1 N–H and O–H groups in total. The van der Waals surface area contributed by atoms with Gasteiger partial charge >= 0.3 is 0 Å². The van der Waals surface area contributed by atoms with E-state index in [1.807, 2.05) is 0 Å². The number of hydrogen-bond acceptors (Lipinski definition) is 7. The van der Waals surface area contributed by atoms with Crippen LogP contribution in [0.2, 0.25) is 0 Å². The number of carbonyl (C=O) groups is 1. The number of piperidine rings is 1. The standard InChI is InChI=1S/C15H19N3O5S3/c1-25(20,21)11-3-4-12-13(9-11)24-15(16-12)17-14(19)10-5-7-18(8-6-10)26(2,22)23/h3-4,9-10H,5-8H2,1-2H3,(H,16,17,19). The van der Waals surface area contributed by atoms with Gasteiger partial charge < -0.3 is 5.32 Å². The van der Waals surface area contributed by atoms with E-state index < -0.39 is 19.9 Å². The highest BCUT2D eigenvalue weighted by Gasteiger charge is 2.29. The fourth-order valence-electron chi connectivity index (χ4n) is 2.85. The van der Waals surface area contributed by atoms with Crippen LogP contribution < -0.4 is 5.32 Å². The lowest BCUT2D eigenvalue weighted by Gasteiger charge is -2.29. The van der Waals surface area contributed by atoms with Crippen LogP contribution >= 0.6 is 11.3 Å². The molecule has 2 aromatic rings. The summed E-state index contributed by atoms with van der Waals surface area (Å²) in [6, 6.07) is 4.65. The van der Waals surface area contributed by atoms with E-state index in [0.29, 0.717) is 41.3 Å². The minimum atomic E-state index is -3.30. The molecule has 1 saturated heterocycles. The van der Waals surface area contributed by atoms with Crippen LogP contribution in [0, 0.1) is 5.92 Å². The fourth-order valence-corrected chi connectivity index (χ4v) is 5.35. The van der Waals surface area contributed by atoms with Gasteiger partial charge in [-0.05, 0) is 31.0 Å². The van der Waals surface area contributed by atoms with Crippen molar-refractivity contribution in [1.29, 1.82) is 0 Å². The predicted octanol–water partition coefficient (Wildman–Crippen LogP) is 1.31. The Balaban J connectivity index is 1.70. The molecule has 11 heteroatoms. The summed E-state index contributed by atoms with van der Waals surface area (Å²) >= 11 is 1.21. The van der Waals surface area contributed by atoms with Crippen molar-refractivity contribution in [2.75, 3.05) is 30.9 Å². The number of sulfone groups is 1. The number of amides is 1. The molecule has 3 rings (SSSR count). The van der Waals surface area contributed by atoms with Gasteiger partial charge in [-0.2, -0.15) is 0 Å². The summed E-state index contributed by atoms with van der Waals surface area (Å²) in [6.07, 6.45) is 3.23. The molecule has 1 amide bonds. The Morgan fingerprint density at radius 2 is 1.85 bits per heavy atom. The molecule has 1 aromatic carbocycles. The van der Waals surface area contributed by atoms with E-state index in [2.05, 4.69) is 10.3 Å². The molecule has 2 heterocycles. The Bertz CT molecular complexity index is 1050. The molecule has 26 heavy (non-hydrogen) atoms. The van der Waals surface area contributed by atoms with Gasteiger partial charge in [-0.25, -0.2) is 26.1 Å². The Morgan fingerprint density at radius 1 is 1.19 bits per heavy atom. The molecular formula is C15H19N3O5S3. The number of carbonyl (C=O) groups excluding carboxylic acids is 1. The molecule has 8 nitrogen and oxygen atoms in total. The lowest BCUT2D eigenvalue weighted by Crippen LogP contribution is -2.40. The second-order valence-corrected chi connectivity index (χ2v) is 11.4. The summed E-state index contributed by atoms with van der Waals surface area (Å²) in [5.74, 6) is -0.466. The maximum atomic E-state index is 12.4. The van der Waals surface area contributed by atoms with Crippen LogP contribution in [0.5, 0.6) is 0 Å². The smallest absolute Gasteiger partial charge is 0.229 e. The van der Waals surface area contributed by atoms with E-state index in [1.165, 1.54) is 28.0 Å². The Morgan fingerprint density at radius 3 is 2.42 bits per heavy atom. The first-order valence-electron chi connectivity index (χ1n) is 7.91. The Hall–Kier alpha value is -1.56. The topological polar surface area (TPSA) is 114 Å². The van der Waals surface area contributed by atoms with Crippen molar-refractivity contribution < 1.29 is 21.6 Å².